The highest BCUT2D eigenvalue weighted by Crippen LogP contribution is 2.51. The van der Waals surface area contributed by atoms with Crippen LogP contribution in [-0.4, -0.2) is 71.3 Å². The van der Waals surface area contributed by atoms with E-state index in [0.29, 0.717) is 17.2 Å². The fourth-order valence-electron chi connectivity index (χ4n) is 5.66. The minimum Gasteiger partial charge on any atom is -0.477 e. The van der Waals surface area contributed by atoms with Crippen molar-refractivity contribution >= 4 is 29.5 Å². The van der Waals surface area contributed by atoms with Crippen LogP contribution in [0.25, 0.3) is 11.1 Å². The minimum atomic E-state index is -1.12. The number of carbonyl (C=O) groups is 3. The molecule has 1 unspecified atom stereocenters. The van der Waals surface area contributed by atoms with Crippen LogP contribution in [0.3, 0.4) is 0 Å². The van der Waals surface area contributed by atoms with Crippen LogP contribution in [0.4, 0.5) is 0 Å². The number of benzene rings is 1. The van der Waals surface area contributed by atoms with E-state index in [1.54, 1.807) is 6.92 Å². The Morgan fingerprint density at radius 3 is 2.66 bits per heavy atom. The van der Waals surface area contributed by atoms with Crippen LogP contribution in [0.2, 0.25) is 0 Å². The van der Waals surface area contributed by atoms with E-state index in [-0.39, 0.29) is 36.0 Å². The van der Waals surface area contributed by atoms with Crippen LogP contribution >= 0.6 is 11.8 Å². The maximum Gasteiger partial charge on any atom is 0.353 e. The highest BCUT2D eigenvalue weighted by Gasteiger charge is 2.60. The van der Waals surface area contributed by atoms with E-state index in [2.05, 4.69) is 54.7 Å². The topological polar surface area (TPSA) is 165 Å². The highest BCUT2D eigenvalue weighted by atomic mass is 32.2. The van der Waals surface area contributed by atoms with Crippen LogP contribution < -0.4 is 15.7 Å². The quantitative estimate of drug-likeness (QED) is 0.205. The van der Waals surface area contributed by atoms with Crippen molar-refractivity contribution in [2.24, 2.45) is 24.6 Å². The average Bonchev–Trinajstić information content (AvgIpc) is 3.64. The van der Waals surface area contributed by atoms with Gasteiger partial charge in [-0.05, 0) is 41.4 Å². The van der Waals surface area contributed by atoms with Crippen molar-refractivity contribution in [3.8, 4) is 11.1 Å². The van der Waals surface area contributed by atoms with Gasteiger partial charge in [0.1, 0.15) is 18.6 Å². The van der Waals surface area contributed by atoms with Gasteiger partial charge in [0.05, 0.1) is 30.3 Å². The molecule has 0 spiro atoms. The SMILES string of the molecule is CC(NC(=O)Cn1cnnn1)[C@H]1C(=O)N2C(C(=O)O)=C(SCc3ccc(-c4cn(CCCN)[n+](C)c4)cc3)[C@H](C)[C@H]12. The Morgan fingerprint density at radius 1 is 1.24 bits per heavy atom. The number of amides is 2. The molecule has 1 saturated heterocycles. The van der Waals surface area contributed by atoms with Gasteiger partial charge in [0.2, 0.25) is 18.0 Å². The lowest BCUT2D eigenvalue weighted by atomic mass is 9.78. The molecule has 2 aromatic heterocycles. The molecule has 2 amide bonds. The number of thioether (sulfide) groups is 1. The Morgan fingerprint density at radius 2 is 2.00 bits per heavy atom. The van der Waals surface area contributed by atoms with Gasteiger partial charge in [-0.15, -0.1) is 21.5 Å². The zero-order chi connectivity index (χ0) is 29.3. The summed E-state index contributed by atoms with van der Waals surface area (Å²) in [4.78, 5) is 39.9. The number of aliphatic carboxylic acids is 1. The number of rotatable bonds is 12. The lowest BCUT2D eigenvalue weighted by Crippen LogP contribution is -2.66. The Bertz CT molecular complexity index is 1470. The fraction of sp³-hybridized carbons (Fsp3) is 0.444. The third-order valence-corrected chi connectivity index (χ3v) is 9.06. The number of fused-ring (bicyclic) bond motifs is 1. The van der Waals surface area contributed by atoms with E-state index in [1.807, 2.05) is 26.1 Å². The van der Waals surface area contributed by atoms with E-state index in [1.165, 1.54) is 27.7 Å². The Labute approximate surface area is 241 Å². The number of carbonyl (C=O) groups excluding carboxylic acids is 2. The molecule has 4 heterocycles. The van der Waals surface area contributed by atoms with E-state index >= 15 is 0 Å². The van der Waals surface area contributed by atoms with Crippen LogP contribution in [0.5, 0.6) is 0 Å². The maximum atomic E-state index is 13.1. The first-order valence-corrected chi connectivity index (χ1v) is 14.5. The van der Waals surface area contributed by atoms with Crippen molar-refractivity contribution < 1.29 is 24.2 Å². The van der Waals surface area contributed by atoms with Gasteiger partial charge in [0.15, 0.2) is 7.05 Å². The number of nitrogens with two attached hydrogens (primary N) is 1. The number of nitrogens with zero attached hydrogens (tertiary/aromatic N) is 7. The molecular weight excluding hydrogens is 546 g/mol. The summed E-state index contributed by atoms with van der Waals surface area (Å²) in [5.74, 6) is -1.87. The number of hydrogen-bond acceptors (Lipinski definition) is 8. The summed E-state index contributed by atoms with van der Waals surface area (Å²) in [5, 5.41) is 23.6. The molecule has 5 rings (SSSR count). The van der Waals surface area contributed by atoms with Crippen molar-refractivity contribution in [2.45, 2.75) is 51.2 Å². The second-order valence-corrected chi connectivity index (χ2v) is 11.5. The Hall–Kier alpha value is -4.04. The molecule has 2 aliphatic heterocycles. The number of carboxylic acid groups (broad SMARTS) is 1. The summed E-state index contributed by atoms with van der Waals surface area (Å²) in [6.07, 6.45) is 6.43. The molecule has 3 aromatic rings. The molecule has 0 radical (unpaired) electrons. The van der Waals surface area contributed by atoms with Crippen molar-refractivity contribution in [1.82, 2.24) is 35.1 Å². The van der Waals surface area contributed by atoms with Crippen molar-refractivity contribution in [2.75, 3.05) is 6.54 Å². The number of aryl methyl sites for hydroxylation is 2. The highest BCUT2D eigenvalue weighted by molar-refractivity contribution is 8.02. The lowest BCUT2D eigenvalue weighted by Gasteiger charge is -2.47. The third-order valence-electron chi connectivity index (χ3n) is 7.71. The van der Waals surface area contributed by atoms with Crippen molar-refractivity contribution in [1.29, 1.82) is 0 Å². The molecule has 4 atom stereocenters. The predicted molar refractivity (Wildman–Crippen MR) is 149 cm³/mol. The van der Waals surface area contributed by atoms with Gasteiger partial charge < -0.3 is 21.1 Å². The molecule has 0 aliphatic carbocycles. The monoisotopic (exact) mass is 580 g/mol. The van der Waals surface area contributed by atoms with Crippen LogP contribution in [-0.2, 0) is 40.3 Å². The summed E-state index contributed by atoms with van der Waals surface area (Å²) in [6.45, 7) is 5.14. The number of tetrazole rings is 1. The first-order valence-electron chi connectivity index (χ1n) is 13.5. The molecule has 0 bridgehead atoms. The van der Waals surface area contributed by atoms with Gasteiger partial charge in [-0.2, -0.15) is 4.68 Å². The third kappa shape index (κ3) is 5.61. The number of hydrogen-bond donors (Lipinski definition) is 3. The normalized spacial score (nSPS) is 20.6. The summed E-state index contributed by atoms with van der Waals surface area (Å²) < 4.78 is 5.47. The van der Waals surface area contributed by atoms with Crippen molar-refractivity contribution in [3.63, 3.8) is 0 Å². The van der Waals surface area contributed by atoms with Gasteiger partial charge in [0.25, 0.3) is 0 Å². The summed E-state index contributed by atoms with van der Waals surface area (Å²) in [7, 11) is 2.01. The molecule has 4 N–H and O–H groups in total. The zero-order valence-electron chi connectivity index (χ0n) is 23.2. The second kappa shape index (κ2) is 11.8. The van der Waals surface area contributed by atoms with Gasteiger partial charge in [-0.25, -0.2) is 9.48 Å². The summed E-state index contributed by atoms with van der Waals surface area (Å²) in [6, 6.07) is 7.42. The smallest absolute Gasteiger partial charge is 0.353 e. The summed E-state index contributed by atoms with van der Waals surface area (Å²) in [5.41, 5.74) is 8.95. The molecule has 13 nitrogen and oxygen atoms in total. The van der Waals surface area contributed by atoms with Gasteiger partial charge in [0, 0.05) is 22.6 Å². The average molecular weight is 581 g/mol. The van der Waals surface area contributed by atoms with Crippen LogP contribution in [0, 0.1) is 11.8 Å². The lowest BCUT2D eigenvalue weighted by molar-refractivity contribution is -0.753. The van der Waals surface area contributed by atoms with Gasteiger partial charge in [-0.3, -0.25) is 9.59 Å². The minimum absolute atomic E-state index is 0.0453. The first kappa shape index (κ1) is 28.5. The largest absolute Gasteiger partial charge is 0.477 e. The molecular formula is C27H34N9O4S+. The molecule has 14 heteroatoms. The number of nitrogens with one attached hydrogen (secondary N) is 1. The number of aromatic nitrogens is 6. The first-order chi connectivity index (χ1) is 19.7. The molecule has 1 fully saturated rings. The molecule has 216 valence electrons. The molecule has 41 heavy (non-hydrogen) atoms. The maximum absolute atomic E-state index is 13.1. The molecule has 0 saturated carbocycles. The number of β-lactam (4-membered cyclic amide) rings is 1. The second-order valence-electron chi connectivity index (χ2n) is 10.5. The van der Waals surface area contributed by atoms with E-state index < -0.39 is 17.9 Å². The zero-order valence-corrected chi connectivity index (χ0v) is 24.0. The Kier molecular flexibility index (Phi) is 8.22. The van der Waals surface area contributed by atoms with Gasteiger partial charge in [-0.1, -0.05) is 31.2 Å². The molecule has 2 aliphatic rings. The van der Waals surface area contributed by atoms with Crippen LogP contribution in [0.1, 0.15) is 25.8 Å². The number of carboxylic acids is 1. The van der Waals surface area contributed by atoms with E-state index in [0.717, 1.165) is 29.7 Å². The van der Waals surface area contributed by atoms with Crippen LogP contribution in [0.15, 0.2) is 53.6 Å². The predicted octanol–water partition coefficient (Wildman–Crippen LogP) is 0.526. The van der Waals surface area contributed by atoms with E-state index in [4.69, 9.17) is 5.73 Å². The Balaban J connectivity index is 1.24. The van der Waals surface area contributed by atoms with E-state index in [9.17, 15) is 19.5 Å². The fourth-order valence-corrected chi connectivity index (χ4v) is 6.90. The standard InChI is InChI=1S/C27H33N9O4S/c1-16-23-22(17(2)30-21(37)13-34-15-29-31-32-34)26(38)36(23)24(27(39)40)25(16)41-14-18-5-7-19(8-6-18)20-11-33(3)35(12-20)10-4-9-28/h5-8,11-12,15-17,22-23H,4,9-10,13-14,28H2,1-3H3,(H-,30,37,39,40)/p+1/t16-,17?,22-,23-/m1/s1. The molecule has 1 aromatic carbocycles. The van der Waals surface area contributed by atoms with Crippen molar-refractivity contribution in [3.05, 3.63) is 59.2 Å². The summed E-state index contributed by atoms with van der Waals surface area (Å²) >= 11 is 1.45. The van der Waals surface area contributed by atoms with Gasteiger partial charge >= 0.3 is 5.97 Å².